The number of nitrogens with two attached hydrogens (primary N) is 1. The van der Waals surface area contributed by atoms with Crippen LogP contribution in [0.2, 0.25) is 10.0 Å². The van der Waals surface area contributed by atoms with Gasteiger partial charge in [0.05, 0.1) is 16.1 Å². The summed E-state index contributed by atoms with van der Waals surface area (Å²) in [6.07, 6.45) is 0. The summed E-state index contributed by atoms with van der Waals surface area (Å²) in [6, 6.07) is 7.64. The first-order chi connectivity index (χ1) is 8.90. The van der Waals surface area contributed by atoms with E-state index in [9.17, 15) is 4.39 Å². The van der Waals surface area contributed by atoms with Crippen molar-refractivity contribution in [1.82, 2.24) is 0 Å². The van der Waals surface area contributed by atoms with Crippen LogP contribution in [0.25, 0.3) is 0 Å². The summed E-state index contributed by atoms with van der Waals surface area (Å²) >= 11 is 17.3. The van der Waals surface area contributed by atoms with E-state index in [1.165, 1.54) is 12.1 Å². The van der Waals surface area contributed by atoms with Crippen LogP contribution < -0.4 is 5.73 Å². The van der Waals surface area contributed by atoms with Crippen molar-refractivity contribution in [1.29, 1.82) is 0 Å². The molecule has 0 heterocycles. The van der Waals surface area contributed by atoms with Crippen LogP contribution in [0.4, 0.5) is 4.39 Å². The van der Waals surface area contributed by atoms with Crippen LogP contribution in [0.5, 0.6) is 0 Å². The Balaban J connectivity index is 2.46. The number of rotatable bonds is 2. The van der Waals surface area contributed by atoms with Crippen LogP contribution in [0.15, 0.2) is 34.8 Å². The zero-order chi connectivity index (χ0) is 14.2. The van der Waals surface area contributed by atoms with Crippen LogP contribution in [0.3, 0.4) is 0 Å². The molecule has 0 radical (unpaired) electrons. The largest absolute Gasteiger partial charge is 0.320 e. The van der Waals surface area contributed by atoms with Crippen molar-refractivity contribution in [3.8, 4) is 0 Å². The minimum atomic E-state index is -0.611. The molecule has 0 bridgehead atoms. The topological polar surface area (TPSA) is 26.0 Å². The number of hydrogen-bond donors (Lipinski definition) is 1. The summed E-state index contributed by atoms with van der Waals surface area (Å²) < 4.78 is 15.4. The standard InChI is InChI=1S/C13H8BrCl2FIN/c14-8-5-11(17)7(4-9(8)15)13(19)6-1-2-12(18)10(16)3-6/h1-5,13H,19H2. The van der Waals surface area contributed by atoms with Crippen LogP contribution in [0.1, 0.15) is 17.2 Å². The SMILES string of the molecule is NC(c1ccc(I)c(Cl)c1)c1cc(Cl)c(Br)cc1F. The summed E-state index contributed by atoms with van der Waals surface area (Å²) in [4.78, 5) is 0. The molecule has 2 N–H and O–H groups in total. The van der Waals surface area contributed by atoms with Gasteiger partial charge < -0.3 is 5.73 Å². The summed E-state index contributed by atoms with van der Waals surface area (Å²) in [5.74, 6) is -0.404. The van der Waals surface area contributed by atoms with Gasteiger partial charge in [-0.2, -0.15) is 0 Å². The van der Waals surface area contributed by atoms with E-state index < -0.39 is 11.9 Å². The quantitative estimate of drug-likeness (QED) is 0.448. The zero-order valence-electron chi connectivity index (χ0n) is 9.43. The van der Waals surface area contributed by atoms with Crippen molar-refractivity contribution in [3.05, 3.63) is 65.4 Å². The van der Waals surface area contributed by atoms with E-state index in [-0.39, 0.29) is 0 Å². The predicted octanol–water partition coefficient (Wildman–Crippen LogP) is 5.55. The maximum Gasteiger partial charge on any atom is 0.129 e. The fraction of sp³-hybridized carbons (Fsp3) is 0.0769. The predicted molar refractivity (Wildman–Crippen MR) is 89.3 cm³/mol. The molecule has 1 unspecified atom stereocenters. The fourth-order valence-electron chi connectivity index (χ4n) is 1.66. The molecule has 0 fully saturated rings. The monoisotopic (exact) mass is 473 g/mol. The first kappa shape index (κ1) is 15.5. The Morgan fingerprint density at radius 3 is 2.47 bits per heavy atom. The van der Waals surface area contributed by atoms with Crippen molar-refractivity contribution in [2.45, 2.75) is 6.04 Å². The van der Waals surface area contributed by atoms with Crippen molar-refractivity contribution in [2.75, 3.05) is 0 Å². The van der Waals surface area contributed by atoms with Crippen molar-refractivity contribution in [2.24, 2.45) is 5.73 Å². The number of hydrogen-bond acceptors (Lipinski definition) is 1. The Labute approximate surface area is 142 Å². The highest BCUT2D eigenvalue weighted by molar-refractivity contribution is 14.1. The Morgan fingerprint density at radius 1 is 1.16 bits per heavy atom. The van der Waals surface area contributed by atoms with Gasteiger partial charge in [-0.25, -0.2) is 4.39 Å². The lowest BCUT2D eigenvalue weighted by molar-refractivity contribution is 0.599. The molecule has 2 rings (SSSR count). The second kappa shape index (κ2) is 6.26. The van der Waals surface area contributed by atoms with Crippen molar-refractivity contribution in [3.63, 3.8) is 0 Å². The molecule has 1 nitrogen and oxygen atoms in total. The second-order valence-electron chi connectivity index (χ2n) is 3.94. The van der Waals surface area contributed by atoms with Gasteiger partial charge in [-0.1, -0.05) is 29.3 Å². The van der Waals surface area contributed by atoms with E-state index in [0.717, 1.165) is 9.13 Å². The van der Waals surface area contributed by atoms with Gasteiger partial charge in [0.2, 0.25) is 0 Å². The summed E-state index contributed by atoms with van der Waals surface area (Å²) in [6.45, 7) is 0. The molecular formula is C13H8BrCl2FIN. The Kier molecular flexibility index (Phi) is 5.11. The average molecular weight is 475 g/mol. The van der Waals surface area contributed by atoms with Gasteiger partial charge in [0.25, 0.3) is 0 Å². The minimum absolute atomic E-state index is 0.338. The molecule has 0 spiro atoms. The van der Waals surface area contributed by atoms with Crippen molar-refractivity contribution >= 4 is 61.7 Å². The van der Waals surface area contributed by atoms with E-state index >= 15 is 0 Å². The fourth-order valence-corrected chi connectivity index (χ4v) is 2.67. The lowest BCUT2D eigenvalue weighted by Gasteiger charge is -2.15. The van der Waals surface area contributed by atoms with Gasteiger partial charge in [0.15, 0.2) is 0 Å². The van der Waals surface area contributed by atoms with Gasteiger partial charge in [-0.05, 0) is 68.3 Å². The molecule has 0 aromatic heterocycles. The third kappa shape index (κ3) is 3.42. The third-order valence-electron chi connectivity index (χ3n) is 2.68. The first-order valence-corrected chi connectivity index (χ1v) is 7.88. The van der Waals surface area contributed by atoms with Crippen LogP contribution in [-0.4, -0.2) is 0 Å². The van der Waals surface area contributed by atoms with Crippen LogP contribution in [-0.2, 0) is 0 Å². The minimum Gasteiger partial charge on any atom is -0.320 e. The lowest BCUT2D eigenvalue weighted by atomic mass is 9.99. The van der Waals surface area contributed by atoms with E-state index in [4.69, 9.17) is 28.9 Å². The molecule has 1 atom stereocenters. The highest BCUT2D eigenvalue weighted by Crippen LogP contribution is 2.32. The molecule has 100 valence electrons. The van der Waals surface area contributed by atoms with Gasteiger partial charge >= 0.3 is 0 Å². The van der Waals surface area contributed by atoms with E-state index in [1.807, 2.05) is 12.1 Å². The Morgan fingerprint density at radius 2 is 1.84 bits per heavy atom. The smallest absolute Gasteiger partial charge is 0.129 e. The zero-order valence-corrected chi connectivity index (χ0v) is 14.7. The molecule has 2 aromatic carbocycles. The summed E-state index contributed by atoms with van der Waals surface area (Å²) in [5.41, 5.74) is 7.16. The maximum absolute atomic E-state index is 13.9. The molecule has 0 aliphatic carbocycles. The molecule has 0 aliphatic rings. The molecule has 0 amide bonds. The van der Waals surface area contributed by atoms with Crippen molar-refractivity contribution < 1.29 is 4.39 Å². The second-order valence-corrected chi connectivity index (χ2v) is 6.77. The van der Waals surface area contributed by atoms with E-state index in [0.29, 0.717) is 20.1 Å². The normalized spacial score (nSPS) is 12.5. The highest BCUT2D eigenvalue weighted by Gasteiger charge is 2.16. The molecule has 6 heteroatoms. The van der Waals surface area contributed by atoms with E-state index in [1.54, 1.807) is 6.07 Å². The van der Waals surface area contributed by atoms with Gasteiger partial charge in [0.1, 0.15) is 5.82 Å². The van der Waals surface area contributed by atoms with Gasteiger partial charge in [0, 0.05) is 13.6 Å². The Hall–Kier alpha value is 0.120. The number of halogens is 5. The Bertz CT molecular complexity index is 636. The average Bonchev–Trinajstić information content (AvgIpc) is 2.36. The third-order valence-corrected chi connectivity index (χ3v) is 5.45. The molecule has 19 heavy (non-hydrogen) atoms. The highest BCUT2D eigenvalue weighted by atomic mass is 127. The van der Waals surface area contributed by atoms with Gasteiger partial charge in [-0.15, -0.1) is 0 Å². The molecule has 2 aromatic rings. The first-order valence-electron chi connectivity index (χ1n) is 5.25. The number of benzene rings is 2. The van der Waals surface area contributed by atoms with Crippen LogP contribution >= 0.6 is 61.7 Å². The summed E-state index contributed by atoms with van der Waals surface area (Å²) in [7, 11) is 0. The van der Waals surface area contributed by atoms with Gasteiger partial charge in [-0.3, -0.25) is 0 Å². The van der Waals surface area contributed by atoms with E-state index in [2.05, 4.69) is 38.5 Å². The molecule has 0 aliphatic heterocycles. The maximum atomic E-state index is 13.9. The lowest BCUT2D eigenvalue weighted by Crippen LogP contribution is -2.14. The van der Waals surface area contributed by atoms with Crippen LogP contribution in [0, 0.1) is 9.39 Å². The molecule has 0 saturated carbocycles. The molecule has 0 saturated heterocycles. The molecular weight excluding hydrogens is 467 g/mol. The summed E-state index contributed by atoms with van der Waals surface area (Å²) in [5, 5.41) is 1.01.